The van der Waals surface area contributed by atoms with Gasteiger partial charge in [0.1, 0.15) is 6.20 Å². The first-order valence-electron chi connectivity index (χ1n) is 3.99. The van der Waals surface area contributed by atoms with Crippen LogP contribution in [0.4, 0.5) is 0 Å². The van der Waals surface area contributed by atoms with E-state index < -0.39 is 0 Å². The largest absolute Gasteiger partial charge is 0.711 e. The lowest BCUT2D eigenvalue weighted by atomic mass is 10.2. The highest BCUT2D eigenvalue weighted by molar-refractivity contribution is 6.20. The Bertz CT molecular complexity index is 416. The van der Waals surface area contributed by atoms with Crippen molar-refractivity contribution in [2.24, 2.45) is 0 Å². The molecule has 0 N–H and O–H groups in total. The van der Waals surface area contributed by atoms with E-state index in [0.717, 1.165) is 5.75 Å². The highest BCUT2D eigenvalue weighted by Gasteiger charge is 2.24. The Morgan fingerprint density at radius 2 is 2.08 bits per heavy atom. The van der Waals surface area contributed by atoms with Crippen molar-refractivity contribution in [2.75, 3.05) is 0 Å². The zero-order chi connectivity index (χ0) is 7.97. The quantitative estimate of drug-likeness (QED) is 0.510. The molecule has 2 heterocycles. The number of para-hydroxylation sites is 1. The Kier molecular flexibility index (Phi) is 1.01. The van der Waals surface area contributed by atoms with E-state index in [9.17, 15) is 0 Å². The monoisotopic (exact) mass is 156 g/mol. The summed E-state index contributed by atoms with van der Waals surface area (Å²) in [6, 6.07) is 10.3. The van der Waals surface area contributed by atoms with E-state index in [1.807, 2.05) is 24.4 Å². The Balaban J connectivity index is 2.58. The molecule has 0 fully saturated rings. The molecule has 0 spiro atoms. The average Bonchev–Trinajstić information content (AvgIpc) is 2.52. The van der Waals surface area contributed by atoms with Crippen LogP contribution in [0.1, 0.15) is 0 Å². The number of hydrogen-bond donors (Lipinski definition) is 0. The summed E-state index contributed by atoms with van der Waals surface area (Å²) in [6.45, 7) is 0. The first kappa shape index (κ1) is 6.06. The number of hydrogen-bond acceptors (Lipinski definition) is 1. The van der Waals surface area contributed by atoms with Crippen LogP contribution >= 0.6 is 0 Å². The van der Waals surface area contributed by atoms with Crippen LogP contribution in [0.2, 0.25) is 0 Å². The molecule has 1 aliphatic rings. The summed E-state index contributed by atoms with van der Waals surface area (Å²) >= 11 is 0. The molecular weight excluding hydrogens is 149 g/mol. The third-order valence-electron chi connectivity index (χ3n) is 2.22. The van der Waals surface area contributed by atoms with E-state index in [1.54, 1.807) is 0 Å². The van der Waals surface area contributed by atoms with Crippen LogP contribution in [0.3, 0.4) is 0 Å². The van der Waals surface area contributed by atoms with Crippen LogP contribution in [0.5, 0.6) is 5.75 Å². The molecule has 2 nitrogen and oxygen atoms in total. The van der Waals surface area contributed by atoms with Gasteiger partial charge in [0.2, 0.25) is 5.52 Å². The SMILES string of the molecule is B1Oc2cccc3ccc[n+]1c23. The van der Waals surface area contributed by atoms with Gasteiger partial charge in [-0.3, -0.25) is 0 Å². The van der Waals surface area contributed by atoms with Crippen molar-refractivity contribution in [1.29, 1.82) is 0 Å². The van der Waals surface area contributed by atoms with Gasteiger partial charge in [-0.25, -0.2) is 4.48 Å². The fourth-order valence-electron chi connectivity index (χ4n) is 1.67. The van der Waals surface area contributed by atoms with Crippen molar-refractivity contribution in [3.8, 4) is 5.75 Å². The van der Waals surface area contributed by atoms with Crippen molar-refractivity contribution in [1.82, 2.24) is 0 Å². The lowest BCUT2D eigenvalue weighted by molar-refractivity contribution is -0.501. The summed E-state index contributed by atoms with van der Waals surface area (Å²) in [4.78, 5) is 0. The van der Waals surface area contributed by atoms with Crippen molar-refractivity contribution in [3.05, 3.63) is 36.5 Å². The topological polar surface area (TPSA) is 13.1 Å². The third-order valence-corrected chi connectivity index (χ3v) is 2.22. The molecule has 0 unspecified atom stereocenters. The summed E-state index contributed by atoms with van der Waals surface area (Å²) in [6.07, 6.45) is 2.04. The van der Waals surface area contributed by atoms with E-state index in [-0.39, 0.29) is 0 Å². The van der Waals surface area contributed by atoms with Gasteiger partial charge >= 0.3 is 7.62 Å². The van der Waals surface area contributed by atoms with Crippen LogP contribution in [0.15, 0.2) is 36.5 Å². The molecule has 1 aliphatic heterocycles. The molecule has 0 saturated carbocycles. The van der Waals surface area contributed by atoms with Crippen LogP contribution in [0, 0.1) is 0 Å². The Hall–Kier alpha value is -1.51. The summed E-state index contributed by atoms with van der Waals surface area (Å²) in [7, 11) is 0.649. The minimum absolute atomic E-state index is 0.649. The molecule has 1 aromatic carbocycles. The first-order chi connectivity index (χ1) is 5.95. The van der Waals surface area contributed by atoms with Gasteiger partial charge in [0.05, 0.1) is 0 Å². The van der Waals surface area contributed by atoms with Gasteiger partial charge < -0.3 is 4.65 Å². The summed E-state index contributed by atoms with van der Waals surface area (Å²) in [5.74, 6) is 0.994. The van der Waals surface area contributed by atoms with Crippen LogP contribution in [-0.4, -0.2) is 7.62 Å². The molecule has 0 saturated heterocycles. The van der Waals surface area contributed by atoms with Crippen LogP contribution < -0.4 is 9.13 Å². The van der Waals surface area contributed by atoms with Gasteiger partial charge in [-0.2, -0.15) is 0 Å². The van der Waals surface area contributed by atoms with Gasteiger partial charge in [-0.1, -0.05) is 6.07 Å². The minimum Gasteiger partial charge on any atom is -0.498 e. The van der Waals surface area contributed by atoms with E-state index >= 15 is 0 Å². The molecule has 56 valence electrons. The lowest BCUT2D eigenvalue weighted by Gasteiger charge is -1.92. The number of rotatable bonds is 0. The average molecular weight is 156 g/mol. The summed E-state index contributed by atoms with van der Waals surface area (Å²) in [5.41, 5.74) is 1.21. The zero-order valence-corrected chi connectivity index (χ0v) is 6.53. The molecule has 2 aromatic rings. The molecule has 0 bridgehead atoms. The number of nitrogens with zero attached hydrogens (tertiary/aromatic N) is 1. The standard InChI is InChI=1S/C9H7BNO/c1-3-7-4-2-6-11-9(7)8(5-1)12-10-11/h1-6,10H/q+1. The maximum Gasteiger partial charge on any atom is 0.711 e. The van der Waals surface area contributed by atoms with E-state index in [0.29, 0.717) is 7.62 Å². The first-order valence-corrected chi connectivity index (χ1v) is 3.99. The number of aromatic nitrogens is 1. The molecule has 0 aliphatic carbocycles. The van der Waals surface area contributed by atoms with Gasteiger partial charge in [-0.05, 0) is 18.2 Å². The molecule has 0 atom stereocenters. The van der Waals surface area contributed by atoms with Crippen LogP contribution in [-0.2, 0) is 0 Å². The molecule has 12 heavy (non-hydrogen) atoms. The normalized spacial score (nSPS) is 12.7. The minimum atomic E-state index is 0.649. The molecule has 3 heteroatoms. The van der Waals surface area contributed by atoms with Crippen molar-refractivity contribution in [2.45, 2.75) is 0 Å². The van der Waals surface area contributed by atoms with Crippen molar-refractivity contribution < 1.29 is 9.13 Å². The van der Waals surface area contributed by atoms with Gasteiger partial charge in [0, 0.05) is 11.5 Å². The van der Waals surface area contributed by atoms with Gasteiger partial charge in [0.25, 0.3) is 0 Å². The van der Waals surface area contributed by atoms with E-state index in [4.69, 9.17) is 4.65 Å². The van der Waals surface area contributed by atoms with Crippen LogP contribution in [0.25, 0.3) is 10.9 Å². The molecule has 1 aromatic heterocycles. The molecule has 0 radical (unpaired) electrons. The Labute approximate surface area is 70.7 Å². The fourth-order valence-corrected chi connectivity index (χ4v) is 1.67. The lowest BCUT2D eigenvalue weighted by Crippen LogP contribution is -2.38. The predicted octanol–water partition coefficient (Wildman–Crippen LogP) is 0.634. The number of benzene rings is 1. The summed E-state index contributed by atoms with van der Waals surface area (Å²) < 4.78 is 7.59. The highest BCUT2D eigenvalue weighted by atomic mass is 16.4. The van der Waals surface area contributed by atoms with Crippen molar-refractivity contribution >= 4 is 18.5 Å². The molecule has 0 amide bonds. The van der Waals surface area contributed by atoms with Crippen molar-refractivity contribution in [3.63, 3.8) is 0 Å². The van der Waals surface area contributed by atoms with Gasteiger partial charge in [0.15, 0.2) is 5.75 Å². The third kappa shape index (κ3) is 0.631. The summed E-state index contributed by atoms with van der Waals surface area (Å²) in [5, 5.41) is 1.24. The predicted molar refractivity (Wildman–Crippen MR) is 47.3 cm³/mol. The van der Waals surface area contributed by atoms with E-state index in [1.165, 1.54) is 10.9 Å². The second-order valence-electron chi connectivity index (χ2n) is 2.95. The smallest absolute Gasteiger partial charge is 0.498 e. The number of pyridine rings is 1. The highest BCUT2D eigenvalue weighted by Crippen LogP contribution is 2.23. The Morgan fingerprint density at radius 3 is 3.08 bits per heavy atom. The molecule has 3 rings (SSSR count). The zero-order valence-electron chi connectivity index (χ0n) is 6.53. The van der Waals surface area contributed by atoms with E-state index in [2.05, 4.69) is 16.6 Å². The Morgan fingerprint density at radius 1 is 1.17 bits per heavy atom. The molecular formula is C9H7BNO+. The fraction of sp³-hybridized carbons (Fsp3) is 0. The maximum atomic E-state index is 5.48. The maximum absolute atomic E-state index is 5.48. The van der Waals surface area contributed by atoms with Gasteiger partial charge in [-0.15, -0.1) is 0 Å². The second-order valence-corrected chi connectivity index (χ2v) is 2.95. The second kappa shape index (κ2) is 2.00.